The van der Waals surface area contributed by atoms with E-state index in [0.29, 0.717) is 12.0 Å². The highest BCUT2D eigenvalue weighted by Crippen LogP contribution is 2.16. The van der Waals surface area contributed by atoms with E-state index in [0.717, 1.165) is 16.5 Å². The molecule has 0 saturated carbocycles. The van der Waals surface area contributed by atoms with Crippen molar-refractivity contribution in [1.82, 2.24) is 0 Å². The van der Waals surface area contributed by atoms with Gasteiger partial charge in [0.15, 0.2) is 0 Å². The molecule has 0 fully saturated rings. The van der Waals surface area contributed by atoms with Crippen LogP contribution >= 0.6 is 15.9 Å². The van der Waals surface area contributed by atoms with E-state index in [1.54, 1.807) is 12.1 Å². The van der Waals surface area contributed by atoms with Crippen molar-refractivity contribution >= 4 is 21.9 Å². The van der Waals surface area contributed by atoms with Crippen LogP contribution in [0, 0.1) is 0 Å². The molecule has 0 atom stereocenters. The molecule has 0 spiro atoms. The molecule has 0 radical (unpaired) electrons. The van der Waals surface area contributed by atoms with Crippen LogP contribution in [0.2, 0.25) is 0 Å². The van der Waals surface area contributed by atoms with Gasteiger partial charge in [-0.25, -0.2) is 4.79 Å². The van der Waals surface area contributed by atoms with Crippen molar-refractivity contribution in [3.8, 4) is 0 Å². The predicted octanol–water partition coefficient (Wildman–Crippen LogP) is 3.87. The first-order valence-electron chi connectivity index (χ1n) is 5.65. The summed E-state index contributed by atoms with van der Waals surface area (Å²) in [5, 5.41) is 9.95. The smallest absolute Gasteiger partial charge is 0.335 e. The highest BCUT2D eigenvalue weighted by molar-refractivity contribution is 9.08. The van der Waals surface area contributed by atoms with Crippen LogP contribution in [-0.2, 0) is 11.8 Å². The zero-order valence-corrected chi connectivity index (χ0v) is 11.4. The molecule has 2 aromatic rings. The topological polar surface area (TPSA) is 37.3 Å². The third kappa shape index (κ3) is 2.99. The van der Waals surface area contributed by atoms with Gasteiger partial charge < -0.3 is 5.11 Å². The highest BCUT2D eigenvalue weighted by atomic mass is 79.9. The number of alkyl halides is 1. The quantitative estimate of drug-likeness (QED) is 0.871. The molecular formula is C15H13BrO2. The van der Waals surface area contributed by atoms with E-state index in [1.807, 2.05) is 36.4 Å². The van der Waals surface area contributed by atoms with Crippen LogP contribution in [0.5, 0.6) is 0 Å². The molecule has 0 heterocycles. The fourth-order valence-corrected chi connectivity index (χ4v) is 2.22. The molecule has 18 heavy (non-hydrogen) atoms. The minimum absolute atomic E-state index is 0.377. The minimum Gasteiger partial charge on any atom is -0.478 e. The normalized spacial score (nSPS) is 10.3. The molecule has 92 valence electrons. The van der Waals surface area contributed by atoms with Crippen molar-refractivity contribution in [1.29, 1.82) is 0 Å². The molecule has 0 aliphatic carbocycles. The summed E-state index contributed by atoms with van der Waals surface area (Å²) in [6.45, 7) is 0. The fraction of sp³-hybridized carbons (Fsp3) is 0.133. The summed E-state index contributed by atoms with van der Waals surface area (Å²) in [6.07, 6.45) is 0.644. The predicted molar refractivity (Wildman–Crippen MR) is 75.3 cm³/mol. The second-order valence-corrected chi connectivity index (χ2v) is 4.65. The van der Waals surface area contributed by atoms with Gasteiger partial charge in [0.2, 0.25) is 0 Å². The second kappa shape index (κ2) is 5.83. The number of carbonyl (C=O) groups is 1. The zero-order chi connectivity index (χ0) is 13.0. The number of hydrogen-bond acceptors (Lipinski definition) is 1. The molecule has 2 aromatic carbocycles. The Morgan fingerprint density at radius 2 is 1.61 bits per heavy atom. The number of rotatable bonds is 4. The van der Waals surface area contributed by atoms with E-state index in [9.17, 15) is 4.79 Å². The maximum Gasteiger partial charge on any atom is 0.335 e. The SMILES string of the molecule is O=C(O)c1ccccc1Cc1ccc(CBr)cc1. The van der Waals surface area contributed by atoms with Crippen molar-refractivity contribution in [2.45, 2.75) is 11.8 Å². The van der Waals surface area contributed by atoms with E-state index in [4.69, 9.17) is 5.11 Å². The lowest BCUT2D eigenvalue weighted by molar-refractivity contribution is 0.0696. The molecule has 0 aliphatic rings. The van der Waals surface area contributed by atoms with E-state index < -0.39 is 5.97 Å². The van der Waals surface area contributed by atoms with E-state index >= 15 is 0 Å². The molecule has 2 nitrogen and oxygen atoms in total. The lowest BCUT2D eigenvalue weighted by atomic mass is 9.99. The highest BCUT2D eigenvalue weighted by Gasteiger charge is 2.09. The van der Waals surface area contributed by atoms with Crippen molar-refractivity contribution in [2.24, 2.45) is 0 Å². The largest absolute Gasteiger partial charge is 0.478 e. The van der Waals surface area contributed by atoms with Gasteiger partial charge in [0.1, 0.15) is 0 Å². The Morgan fingerprint density at radius 1 is 1.00 bits per heavy atom. The molecular weight excluding hydrogens is 292 g/mol. The summed E-state index contributed by atoms with van der Waals surface area (Å²) in [6, 6.07) is 15.3. The Morgan fingerprint density at radius 3 is 2.22 bits per heavy atom. The van der Waals surface area contributed by atoms with Crippen LogP contribution in [0.1, 0.15) is 27.0 Å². The van der Waals surface area contributed by atoms with Gasteiger partial charge in [0.05, 0.1) is 5.56 Å². The number of hydrogen-bond donors (Lipinski definition) is 1. The van der Waals surface area contributed by atoms with E-state index in [1.165, 1.54) is 5.56 Å². The van der Waals surface area contributed by atoms with Gasteiger partial charge in [-0.15, -0.1) is 0 Å². The first kappa shape index (κ1) is 12.8. The third-order valence-electron chi connectivity index (χ3n) is 2.82. The van der Waals surface area contributed by atoms with Crippen molar-refractivity contribution in [3.05, 3.63) is 70.8 Å². The average molecular weight is 305 g/mol. The molecule has 3 heteroatoms. The van der Waals surface area contributed by atoms with E-state index in [-0.39, 0.29) is 0 Å². The molecule has 0 bridgehead atoms. The molecule has 0 unspecified atom stereocenters. The van der Waals surface area contributed by atoms with Crippen LogP contribution in [0.3, 0.4) is 0 Å². The monoisotopic (exact) mass is 304 g/mol. The molecule has 0 saturated heterocycles. The number of aromatic carboxylic acids is 1. The Kier molecular flexibility index (Phi) is 4.15. The van der Waals surface area contributed by atoms with Crippen LogP contribution in [-0.4, -0.2) is 11.1 Å². The molecule has 0 amide bonds. The number of benzene rings is 2. The number of carboxylic acid groups (broad SMARTS) is 1. The summed E-state index contributed by atoms with van der Waals surface area (Å²) in [4.78, 5) is 11.1. The van der Waals surface area contributed by atoms with Crippen molar-refractivity contribution in [3.63, 3.8) is 0 Å². The third-order valence-corrected chi connectivity index (χ3v) is 3.47. The Labute approximate surface area is 114 Å². The van der Waals surface area contributed by atoms with Gasteiger partial charge in [0.25, 0.3) is 0 Å². The Hall–Kier alpha value is -1.61. The lowest BCUT2D eigenvalue weighted by Gasteiger charge is -2.06. The Bertz CT molecular complexity index is 547. The van der Waals surface area contributed by atoms with Crippen LogP contribution < -0.4 is 0 Å². The average Bonchev–Trinajstić information content (AvgIpc) is 2.40. The maximum atomic E-state index is 11.1. The number of carboxylic acids is 1. The minimum atomic E-state index is -0.873. The fourth-order valence-electron chi connectivity index (χ4n) is 1.85. The van der Waals surface area contributed by atoms with Gasteiger partial charge in [-0.1, -0.05) is 58.4 Å². The second-order valence-electron chi connectivity index (χ2n) is 4.09. The molecule has 0 aliphatic heterocycles. The maximum absolute atomic E-state index is 11.1. The first-order valence-corrected chi connectivity index (χ1v) is 6.78. The molecule has 1 N–H and O–H groups in total. The summed E-state index contributed by atoms with van der Waals surface area (Å²) >= 11 is 3.40. The summed E-state index contributed by atoms with van der Waals surface area (Å²) < 4.78 is 0. The molecule has 2 rings (SSSR count). The Balaban J connectivity index is 2.25. The summed E-state index contributed by atoms with van der Waals surface area (Å²) in [7, 11) is 0. The van der Waals surface area contributed by atoms with Gasteiger partial charge in [0, 0.05) is 5.33 Å². The van der Waals surface area contributed by atoms with Crippen LogP contribution in [0.4, 0.5) is 0 Å². The zero-order valence-electron chi connectivity index (χ0n) is 9.77. The van der Waals surface area contributed by atoms with Crippen molar-refractivity contribution in [2.75, 3.05) is 0 Å². The summed E-state index contributed by atoms with van der Waals surface area (Å²) in [5.41, 5.74) is 3.55. The molecule has 0 aromatic heterocycles. The number of halogens is 1. The lowest BCUT2D eigenvalue weighted by Crippen LogP contribution is -2.02. The van der Waals surface area contributed by atoms with Crippen LogP contribution in [0.25, 0.3) is 0 Å². The van der Waals surface area contributed by atoms with Gasteiger partial charge >= 0.3 is 5.97 Å². The van der Waals surface area contributed by atoms with Gasteiger partial charge in [-0.05, 0) is 29.2 Å². The van der Waals surface area contributed by atoms with Gasteiger partial charge in [-0.2, -0.15) is 0 Å². The van der Waals surface area contributed by atoms with E-state index in [2.05, 4.69) is 15.9 Å². The van der Waals surface area contributed by atoms with Crippen molar-refractivity contribution < 1.29 is 9.90 Å². The summed E-state index contributed by atoms with van der Waals surface area (Å²) in [5.74, 6) is -0.873. The standard InChI is InChI=1S/C15H13BrO2/c16-10-12-7-5-11(6-8-12)9-13-3-1-2-4-14(13)15(17)18/h1-8H,9-10H2,(H,17,18). The first-order chi connectivity index (χ1) is 8.70. The van der Waals surface area contributed by atoms with Crippen LogP contribution in [0.15, 0.2) is 48.5 Å². The van der Waals surface area contributed by atoms with Gasteiger partial charge in [-0.3, -0.25) is 0 Å².